The van der Waals surface area contributed by atoms with Crippen LogP contribution >= 0.6 is 15.9 Å². The van der Waals surface area contributed by atoms with Crippen LogP contribution in [0.5, 0.6) is 0 Å². The maximum absolute atomic E-state index is 11.0. The van der Waals surface area contributed by atoms with E-state index in [-0.39, 0.29) is 0 Å². The second-order valence-corrected chi connectivity index (χ2v) is 6.47. The molecular formula is C15H18BrN5O2. The number of carbonyl (C=O) groups is 1. The van der Waals surface area contributed by atoms with Gasteiger partial charge < -0.3 is 14.6 Å². The first-order valence-corrected chi connectivity index (χ1v) is 8.17. The van der Waals surface area contributed by atoms with Crippen molar-refractivity contribution in [3.8, 4) is 0 Å². The molecule has 0 amide bonds. The topological polar surface area (TPSA) is 74.5 Å². The lowest BCUT2D eigenvalue weighted by Gasteiger charge is -2.35. The average molecular weight is 380 g/mol. The average Bonchev–Trinajstić information content (AvgIpc) is 2.96. The molecule has 1 aromatic carbocycles. The summed E-state index contributed by atoms with van der Waals surface area (Å²) in [7, 11) is 1.95. The third-order valence-electron chi connectivity index (χ3n) is 4.04. The second-order valence-electron chi connectivity index (χ2n) is 5.62. The van der Waals surface area contributed by atoms with Crippen LogP contribution in [0.25, 0.3) is 0 Å². The molecule has 0 spiro atoms. The van der Waals surface area contributed by atoms with E-state index in [1.54, 1.807) is 18.5 Å². The lowest BCUT2D eigenvalue weighted by molar-refractivity contribution is 0.0697. The number of hydrogen-bond acceptors (Lipinski definition) is 5. The molecule has 1 fully saturated rings. The monoisotopic (exact) mass is 379 g/mol. The number of carboxylic acids is 1. The summed E-state index contributed by atoms with van der Waals surface area (Å²) < 4.78 is 2.77. The summed E-state index contributed by atoms with van der Waals surface area (Å²) in [4.78, 5) is 15.6. The number of aromatic carboxylic acids is 1. The predicted octanol–water partition coefficient (Wildman–Crippen LogP) is 1.60. The zero-order valence-electron chi connectivity index (χ0n) is 12.8. The molecule has 0 saturated carbocycles. The summed E-state index contributed by atoms with van der Waals surface area (Å²) in [6.45, 7) is 4.46. The van der Waals surface area contributed by atoms with Gasteiger partial charge in [-0.2, -0.15) is 0 Å². The van der Waals surface area contributed by atoms with Crippen LogP contribution in [0.2, 0.25) is 0 Å². The molecule has 2 heterocycles. The Labute approximate surface area is 142 Å². The maximum Gasteiger partial charge on any atom is 0.335 e. The van der Waals surface area contributed by atoms with E-state index in [1.165, 1.54) is 0 Å². The Bertz CT molecular complexity index is 710. The summed E-state index contributed by atoms with van der Waals surface area (Å²) in [5.74, 6) is -0.00816. The number of piperazine rings is 1. The van der Waals surface area contributed by atoms with Gasteiger partial charge >= 0.3 is 5.97 Å². The Morgan fingerprint density at radius 1 is 1.30 bits per heavy atom. The predicted molar refractivity (Wildman–Crippen MR) is 89.6 cm³/mol. The summed E-state index contributed by atoms with van der Waals surface area (Å²) in [6.07, 6.45) is 1.71. The Morgan fingerprint density at radius 3 is 2.61 bits per heavy atom. The SMILES string of the molecule is Cn1cnnc1N1CCN(Cc2ccc(C(=O)O)cc2Br)CC1. The maximum atomic E-state index is 11.0. The Hall–Kier alpha value is -1.93. The highest BCUT2D eigenvalue weighted by atomic mass is 79.9. The van der Waals surface area contributed by atoms with E-state index in [4.69, 9.17) is 5.11 Å². The van der Waals surface area contributed by atoms with Crippen molar-refractivity contribution in [2.24, 2.45) is 7.05 Å². The number of carboxylic acid groups (broad SMARTS) is 1. The zero-order valence-corrected chi connectivity index (χ0v) is 14.4. The fourth-order valence-electron chi connectivity index (χ4n) is 2.72. The standard InChI is InChI=1S/C15H18BrN5O2/c1-19-10-17-18-15(19)21-6-4-20(5-7-21)9-12-3-2-11(14(22)23)8-13(12)16/h2-3,8,10H,4-7,9H2,1H3,(H,22,23). The van der Waals surface area contributed by atoms with Crippen molar-refractivity contribution in [1.82, 2.24) is 19.7 Å². The Morgan fingerprint density at radius 2 is 2.04 bits per heavy atom. The van der Waals surface area contributed by atoms with Crippen LogP contribution in [0.1, 0.15) is 15.9 Å². The summed E-state index contributed by atoms with van der Waals surface area (Å²) in [6, 6.07) is 5.19. The van der Waals surface area contributed by atoms with E-state index in [2.05, 4.69) is 35.9 Å². The van der Waals surface area contributed by atoms with E-state index in [0.717, 1.165) is 48.7 Å². The van der Waals surface area contributed by atoms with Crippen LogP contribution in [0.4, 0.5) is 5.95 Å². The minimum Gasteiger partial charge on any atom is -0.478 e. The molecule has 1 aliphatic heterocycles. The van der Waals surface area contributed by atoms with Gasteiger partial charge in [0.05, 0.1) is 5.56 Å². The highest BCUT2D eigenvalue weighted by molar-refractivity contribution is 9.10. The van der Waals surface area contributed by atoms with Gasteiger partial charge in [-0.05, 0) is 17.7 Å². The molecule has 0 unspecified atom stereocenters. The molecule has 1 aliphatic rings. The van der Waals surface area contributed by atoms with Crippen LogP contribution in [0.3, 0.4) is 0 Å². The van der Waals surface area contributed by atoms with E-state index in [1.807, 2.05) is 17.7 Å². The van der Waals surface area contributed by atoms with Gasteiger partial charge in [0.2, 0.25) is 5.95 Å². The van der Waals surface area contributed by atoms with Gasteiger partial charge in [-0.25, -0.2) is 4.79 Å². The quantitative estimate of drug-likeness (QED) is 0.869. The van der Waals surface area contributed by atoms with Crippen molar-refractivity contribution in [2.45, 2.75) is 6.54 Å². The molecule has 3 rings (SSSR count). The van der Waals surface area contributed by atoms with Crippen molar-refractivity contribution in [3.05, 3.63) is 40.1 Å². The smallest absolute Gasteiger partial charge is 0.335 e. The molecule has 122 valence electrons. The normalized spacial score (nSPS) is 15.8. The molecule has 8 heteroatoms. The fraction of sp³-hybridized carbons (Fsp3) is 0.400. The van der Waals surface area contributed by atoms with E-state index in [0.29, 0.717) is 5.56 Å². The molecule has 0 aliphatic carbocycles. The third-order valence-corrected chi connectivity index (χ3v) is 4.77. The number of halogens is 1. The summed E-state index contributed by atoms with van der Waals surface area (Å²) >= 11 is 3.47. The molecule has 23 heavy (non-hydrogen) atoms. The molecule has 1 saturated heterocycles. The molecule has 0 bridgehead atoms. The minimum atomic E-state index is -0.908. The molecule has 1 N–H and O–H groups in total. The van der Waals surface area contributed by atoms with Crippen molar-refractivity contribution >= 4 is 27.8 Å². The Balaban J connectivity index is 1.61. The second kappa shape index (κ2) is 6.67. The lowest BCUT2D eigenvalue weighted by atomic mass is 10.1. The van der Waals surface area contributed by atoms with Crippen LogP contribution in [-0.4, -0.2) is 56.9 Å². The highest BCUT2D eigenvalue weighted by Gasteiger charge is 2.20. The summed E-state index contributed by atoms with van der Waals surface area (Å²) in [5.41, 5.74) is 1.40. The van der Waals surface area contributed by atoms with Gasteiger partial charge in [0.25, 0.3) is 0 Å². The molecular weight excluding hydrogens is 362 g/mol. The number of rotatable bonds is 4. The number of anilines is 1. The number of aromatic nitrogens is 3. The first-order chi connectivity index (χ1) is 11.0. The molecule has 1 aromatic heterocycles. The third kappa shape index (κ3) is 3.53. The molecule has 0 radical (unpaired) electrons. The van der Waals surface area contributed by atoms with E-state index < -0.39 is 5.97 Å². The number of benzene rings is 1. The van der Waals surface area contributed by atoms with Gasteiger partial charge in [0.15, 0.2) is 0 Å². The molecule has 7 nitrogen and oxygen atoms in total. The van der Waals surface area contributed by atoms with Gasteiger partial charge in [0, 0.05) is 44.2 Å². The van der Waals surface area contributed by atoms with Crippen LogP contribution in [0, 0.1) is 0 Å². The van der Waals surface area contributed by atoms with Crippen molar-refractivity contribution in [1.29, 1.82) is 0 Å². The van der Waals surface area contributed by atoms with E-state index >= 15 is 0 Å². The van der Waals surface area contributed by atoms with Crippen LogP contribution in [-0.2, 0) is 13.6 Å². The van der Waals surface area contributed by atoms with Crippen molar-refractivity contribution in [3.63, 3.8) is 0 Å². The van der Waals surface area contributed by atoms with Gasteiger partial charge in [0.1, 0.15) is 6.33 Å². The van der Waals surface area contributed by atoms with Gasteiger partial charge in [-0.1, -0.05) is 22.0 Å². The Kier molecular flexibility index (Phi) is 4.63. The number of aryl methyl sites for hydroxylation is 1. The zero-order chi connectivity index (χ0) is 16.4. The van der Waals surface area contributed by atoms with Crippen LogP contribution < -0.4 is 4.90 Å². The lowest BCUT2D eigenvalue weighted by Crippen LogP contribution is -2.46. The van der Waals surface area contributed by atoms with Gasteiger partial charge in [-0.3, -0.25) is 4.90 Å². The molecule has 0 atom stereocenters. The molecule has 2 aromatic rings. The first kappa shape index (κ1) is 15.9. The van der Waals surface area contributed by atoms with Crippen molar-refractivity contribution < 1.29 is 9.90 Å². The van der Waals surface area contributed by atoms with Gasteiger partial charge in [-0.15, -0.1) is 10.2 Å². The number of nitrogens with zero attached hydrogens (tertiary/aromatic N) is 5. The number of hydrogen-bond donors (Lipinski definition) is 1. The van der Waals surface area contributed by atoms with Crippen molar-refractivity contribution in [2.75, 3.05) is 31.1 Å². The highest BCUT2D eigenvalue weighted by Crippen LogP contribution is 2.21. The summed E-state index contributed by atoms with van der Waals surface area (Å²) in [5, 5.41) is 17.1. The fourth-order valence-corrected chi connectivity index (χ4v) is 3.22. The first-order valence-electron chi connectivity index (χ1n) is 7.37. The minimum absolute atomic E-state index is 0.299. The largest absolute Gasteiger partial charge is 0.478 e. The van der Waals surface area contributed by atoms with E-state index in [9.17, 15) is 4.79 Å². The van der Waals surface area contributed by atoms with Crippen LogP contribution in [0.15, 0.2) is 29.0 Å².